The first kappa shape index (κ1) is 33.6. The van der Waals surface area contributed by atoms with Crippen molar-refractivity contribution in [3.05, 3.63) is 70.8 Å². The highest BCUT2D eigenvalue weighted by molar-refractivity contribution is 5.87. The highest BCUT2D eigenvalue weighted by Gasteiger charge is 2.51. The molecule has 13 heteroatoms. The van der Waals surface area contributed by atoms with Gasteiger partial charge >= 0.3 is 18.4 Å². The van der Waals surface area contributed by atoms with Crippen LogP contribution in [0.2, 0.25) is 0 Å². The fraction of sp³-hybridized carbons (Fsp3) is 0.548. The van der Waals surface area contributed by atoms with Crippen molar-refractivity contribution in [2.45, 2.75) is 89.4 Å². The van der Waals surface area contributed by atoms with Gasteiger partial charge in [-0.3, -0.25) is 9.69 Å². The van der Waals surface area contributed by atoms with Crippen LogP contribution in [0, 0.1) is 0 Å². The predicted molar refractivity (Wildman–Crippen MR) is 147 cm³/mol. The zero-order chi connectivity index (χ0) is 32.8. The summed E-state index contributed by atoms with van der Waals surface area (Å²) in [6, 6.07) is 9.29. The molecule has 0 bridgehead atoms. The van der Waals surface area contributed by atoms with Gasteiger partial charge in [0.05, 0.1) is 29.9 Å². The molecule has 4 atom stereocenters. The summed E-state index contributed by atoms with van der Waals surface area (Å²) in [7, 11) is 0. The van der Waals surface area contributed by atoms with Crippen LogP contribution in [0.25, 0.3) is 0 Å². The van der Waals surface area contributed by atoms with Gasteiger partial charge in [0.25, 0.3) is 0 Å². The second-order valence-electron chi connectivity index (χ2n) is 12.5. The number of amides is 2. The highest BCUT2D eigenvalue weighted by Crippen LogP contribution is 2.40. The molecular formula is C31H36F6N2O5. The van der Waals surface area contributed by atoms with Crippen LogP contribution in [0.1, 0.15) is 75.8 Å². The molecule has 4 unspecified atom stereocenters. The Bertz CT molecular complexity index is 1320. The standard InChI is InChI=1S/C31H36F6N2O5/c1-18(20-12-21(30(32,33)34)14-22(13-20)31(35,36)37)43-25-16-38(15-23(25)19-10-8-7-9-11-19)26(40)24-17-42-29(5,6)39(24)27(41)44-28(2,3)4/h7-14,18,23-25H,15-17H2,1-6H3. The zero-order valence-electron chi connectivity index (χ0n) is 25.3. The Labute approximate surface area is 252 Å². The van der Waals surface area contributed by atoms with Gasteiger partial charge in [-0.05, 0) is 70.9 Å². The molecule has 242 valence electrons. The van der Waals surface area contributed by atoms with Gasteiger partial charge in [0, 0.05) is 19.0 Å². The van der Waals surface area contributed by atoms with E-state index in [4.69, 9.17) is 14.2 Å². The maximum Gasteiger partial charge on any atom is 0.416 e. The smallest absolute Gasteiger partial charge is 0.416 e. The van der Waals surface area contributed by atoms with Crippen molar-refractivity contribution in [2.75, 3.05) is 19.7 Å². The van der Waals surface area contributed by atoms with Crippen molar-refractivity contribution in [2.24, 2.45) is 0 Å². The van der Waals surface area contributed by atoms with Crippen LogP contribution in [-0.4, -0.2) is 65.0 Å². The van der Waals surface area contributed by atoms with Crippen LogP contribution in [0.5, 0.6) is 0 Å². The second kappa shape index (κ2) is 11.9. The Morgan fingerprint density at radius 1 is 0.932 bits per heavy atom. The number of alkyl halides is 6. The molecule has 2 aliphatic heterocycles. The van der Waals surface area contributed by atoms with Crippen molar-refractivity contribution in [3.63, 3.8) is 0 Å². The summed E-state index contributed by atoms with van der Waals surface area (Å²) < 4.78 is 98.5. The fourth-order valence-corrected chi connectivity index (χ4v) is 5.52. The van der Waals surface area contributed by atoms with E-state index in [0.717, 1.165) is 5.56 Å². The van der Waals surface area contributed by atoms with Gasteiger partial charge in [-0.1, -0.05) is 30.3 Å². The molecule has 4 rings (SSSR count). The molecule has 2 aromatic carbocycles. The number of carbonyl (C=O) groups is 2. The van der Waals surface area contributed by atoms with Gasteiger partial charge in [0.2, 0.25) is 5.91 Å². The first-order valence-electron chi connectivity index (χ1n) is 14.1. The summed E-state index contributed by atoms with van der Waals surface area (Å²) in [5, 5.41) is 0. The summed E-state index contributed by atoms with van der Waals surface area (Å²) >= 11 is 0. The Hall–Kier alpha value is -3.32. The Morgan fingerprint density at radius 2 is 1.50 bits per heavy atom. The van der Waals surface area contributed by atoms with Gasteiger partial charge in [-0.25, -0.2) is 4.79 Å². The van der Waals surface area contributed by atoms with Crippen molar-refractivity contribution >= 4 is 12.0 Å². The van der Waals surface area contributed by atoms with Gasteiger partial charge in [-0.2, -0.15) is 26.3 Å². The lowest BCUT2D eigenvalue weighted by molar-refractivity contribution is -0.143. The Kier molecular flexibility index (Phi) is 9.07. The normalized spacial score (nSPS) is 23.1. The van der Waals surface area contributed by atoms with Crippen molar-refractivity contribution in [1.82, 2.24) is 9.80 Å². The SMILES string of the molecule is CC(OC1CN(C(=O)C2COC(C)(C)N2C(=O)OC(C)(C)C)CC1c1ccccc1)c1cc(C(F)(F)F)cc(C(F)(F)F)c1. The number of rotatable bonds is 5. The topological polar surface area (TPSA) is 68.3 Å². The van der Waals surface area contributed by atoms with Crippen LogP contribution in [0.3, 0.4) is 0 Å². The van der Waals surface area contributed by atoms with E-state index in [0.29, 0.717) is 12.1 Å². The third kappa shape index (κ3) is 7.48. The molecule has 2 aliphatic rings. The number of nitrogens with zero attached hydrogens (tertiary/aromatic N) is 2. The van der Waals surface area contributed by atoms with Crippen LogP contribution >= 0.6 is 0 Å². The molecular weight excluding hydrogens is 594 g/mol. The van der Waals surface area contributed by atoms with E-state index in [1.54, 1.807) is 65.0 Å². The number of halogens is 6. The molecule has 0 aromatic heterocycles. The fourth-order valence-electron chi connectivity index (χ4n) is 5.52. The number of ether oxygens (including phenoxy) is 3. The van der Waals surface area contributed by atoms with E-state index in [-0.39, 0.29) is 31.3 Å². The monoisotopic (exact) mass is 630 g/mol. The molecule has 2 aromatic rings. The Morgan fingerprint density at radius 3 is 2.02 bits per heavy atom. The summed E-state index contributed by atoms with van der Waals surface area (Å²) in [6.45, 7) is 9.76. The van der Waals surface area contributed by atoms with Crippen LogP contribution in [0.15, 0.2) is 48.5 Å². The average Bonchev–Trinajstić information content (AvgIpc) is 3.46. The van der Waals surface area contributed by atoms with E-state index < -0.39 is 71.0 Å². The van der Waals surface area contributed by atoms with Gasteiger partial charge in [0.15, 0.2) is 0 Å². The van der Waals surface area contributed by atoms with Gasteiger partial charge in [-0.15, -0.1) is 0 Å². The summed E-state index contributed by atoms with van der Waals surface area (Å²) in [4.78, 5) is 29.7. The van der Waals surface area contributed by atoms with E-state index in [1.165, 1.54) is 16.7 Å². The summed E-state index contributed by atoms with van der Waals surface area (Å²) in [5.74, 6) is -0.902. The van der Waals surface area contributed by atoms with Crippen LogP contribution < -0.4 is 0 Å². The summed E-state index contributed by atoms with van der Waals surface area (Å²) in [6.07, 6.45) is -12.7. The predicted octanol–water partition coefficient (Wildman–Crippen LogP) is 7.17. The molecule has 0 saturated carbocycles. The Balaban J connectivity index is 1.62. The van der Waals surface area contributed by atoms with E-state index >= 15 is 0 Å². The number of hydrogen-bond donors (Lipinski definition) is 0. The van der Waals surface area contributed by atoms with Crippen molar-refractivity contribution < 1.29 is 50.1 Å². The average molecular weight is 631 g/mol. The van der Waals surface area contributed by atoms with Crippen molar-refractivity contribution in [3.8, 4) is 0 Å². The molecule has 2 fully saturated rings. The third-order valence-electron chi connectivity index (χ3n) is 7.63. The molecule has 2 heterocycles. The van der Waals surface area contributed by atoms with E-state index in [9.17, 15) is 35.9 Å². The van der Waals surface area contributed by atoms with Crippen LogP contribution in [0.4, 0.5) is 31.1 Å². The number of benzene rings is 2. The number of hydrogen-bond acceptors (Lipinski definition) is 5. The second-order valence-corrected chi connectivity index (χ2v) is 12.5. The largest absolute Gasteiger partial charge is 0.444 e. The van der Waals surface area contributed by atoms with Crippen molar-refractivity contribution in [1.29, 1.82) is 0 Å². The van der Waals surface area contributed by atoms with Crippen LogP contribution in [-0.2, 0) is 31.4 Å². The molecule has 2 saturated heterocycles. The van der Waals surface area contributed by atoms with E-state index in [1.807, 2.05) is 0 Å². The molecule has 0 aliphatic carbocycles. The minimum absolute atomic E-state index is 0.0209. The molecule has 2 amide bonds. The first-order chi connectivity index (χ1) is 20.2. The first-order valence-corrected chi connectivity index (χ1v) is 14.1. The molecule has 0 radical (unpaired) electrons. The minimum Gasteiger partial charge on any atom is -0.444 e. The lowest BCUT2D eigenvalue weighted by Crippen LogP contribution is -2.55. The van der Waals surface area contributed by atoms with Gasteiger partial charge < -0.3 is 19.1 Å². The molecule has 0 spiro atoms. The quantitative estimate of drug-likeness (QED) is 0.328. The molecule has 0 N–H and O–H groups in total. The molecule has 44 heavy (non-hydrogen) atoms. The highest BCUT2D eigenvalue weighted by atomic mass is 19.4. The summed E-state index contributed by atoms with van der Waals surface area (Å²) in [5.41, 5.74) is -4.39. The maximum absolute atomic E-state index is 13.9. The minimum atomic E-state index is -5.00. The zero-order valence-corrected chi connectivity index (χ0v) is 25.3. The third-order valence-corrected chi connectivity index (χ3v) is 7.63. The molecule has 7 nitrogen and oxygen atoms in total. The van der Waals surface area contributed by atoms with Gasteiger partial charge in [0.1, 0.15) is 17.4 Å². The lowest BCUT2D eigenvalue weighted by Gasteiger charge is -2.35. The van der Waals surface area contributed by atoms with E-state index in [2.05, 4.69) is 0 Å². The maximum atomic E-state index is 13.9. The number of likely N-dealkylation sites (tertiary alicyclic amines) is 1. The lowest BCUT2D eigenvalue weighted by atomic mass is 9.95. The number of carbonyl (C=O) groups excluding carboxylic acids is 2.